The highest BCUT2D eigenvalue weighted by Gasteiger charge is 2.51. The molecule has 4 aliphatic carbocycles. The fraction of sp³-hybridized carbons (Fsp3) is 0.364. The summed E-state index contributed by atoms with van der Waals surface area (Å²) in [5.74, 6) is 0. The molecule has 4 aliphatic rings. The highest BCUT2D eigenvalue weighted by molar-refractivity contribution is 6.12. The monoisotopic (exact) mass is 1440 g/mol. The van der Waals surface area contributed by atoms with Crippen LogP contribution in [0.25, 0.3) is 132 Å². The van der Waals surface area contributed by atoms with E-state index in [0.29, 0.717) is 0 Å². The van der Waals surface area contributed by atoms with Gasteiger partial charge in [-0.15, -0.1) is 0 Å². The van der Waals surface area contributed by atoms with Crippen molar-refractivity contribution in [3.8, 4) is 89.0 Å². The summed E-state index contributed by atoms with van der Waals surface area (Å²) in [6, 6.07) is 91.8. The molecule has 13 aromatic rings. The van der Waals surface area contributed by atoms with E-state index in [-0.39, 0.29) is 21.7 Å². The Morgan fingerprint density at radius 1 is 0.191 bits per heavy atom. The third-order valence-electron chi connectivity index (χ3n) is 27.8. The zero-order valence-corrected chi connectivity index (χ0v) is 67.7. The SMILES string of the molecule is CCCCCCCCC1(CCCCCCCC)c2cc3c(cc2-c2cc4c(cc21)-c1cc2c(cc1C4(CCCCCCCC)CCCCCCCC)-c1c(cc(-c4ccc(-c5ccc6ccccc6c5)cc4)c4ccccc14)C2(C)C)C(C)(C)c1cc(-c2ccc(-c4ccc5ccccc5c4)cc2)c2ccccc2c1-3. The van der Waals surface area contributed by atoms with Crippen LogP contribution in [-0.2, 0) is 21.7 Å². The Balaban J connectivity index is 0.840. The van der Waals surface area contributed by atoms with E-state index < -0.39 is 0 Å². The summed E-state index contributed by atoms with van der Waals surface area (Å²) in [6.45, 7) is 19.8. The second kappa shape index (κ2) is 31.2. The molecule has 0 spiro atoms. The van der Waals surface area contributed by atoms with Crippen LogP contribution in [0.15, 0.2) is 231 Å². The van der Waals surface area contributed by atoms with Gasteiger partial charge in [0, 0.05) is 21.7 Å². The van der Waals surface area contributed by atoms with Crippen LogP contribution < -0.4 is 0 Å². The molecule has 558 valence electrons. The Morgan fingerprint density at radius 3 is 0.782 bits per heavy atom. The van der Waals surface area contributed by atoms with Gasteiger partial charge >= 0.3 is 0 Å². The zero-order chi connectivity index (χ0) is 75.1. The second-order valence-corrected chi connectivity index (χ2v) is 35.4. The van der Waals surface area contributed by atoms with Crippen molar-refractivity contribution >= 4 is 43.1 Å². The van der Waals surface area contributed by atoms with Gasteiger partial charge in [0.25, 0.3) is 0 Å². The highest BCUT2D eigenvalue weighted by Crippen LogP contribution is 2.66. The highest BCUT2D eigenvalue weighted by atomic mass is 14.5. The molecule has 0 saturated heterocycles. The second-order valence-electron chi connectivity index (χ2n) is 35.4. The van der Waals surface area contributed by atoms with Crippen LogP contribution in [0, 0.1) is 0 Å². The van der Waals surface area contributed by atoms with Crippen molar-refractivity contribution < 1.29 is 0 Å². The summed E-state index contributed by atoms with van der Waals surface area (Å²) in [5, 5.41) is 10.6. The Bertz CT molecular complexity index is 5170. The predicted molar refractivity (Wildman–Crippen MR) is 478 cm³/mol. The van der Waals surface area contributed by atoms with Crippen molar-refractivity contribution in [3.63, 3.8) is 0 Å². The van der Waals surface area contributed by atoms with Gasteiger partial charge in [-0.2, -0.15) is 0 Å². The first-order valence-electron chi connectivity index (χ1n) is 43.8. The summed E-state index contributed by atoms with van der Waals surface area (Å²) in [4.78, 5) is 0. The van der Waals surface area contributed by atoms with Crippen LogP contribution in [0.5, 0.6) is 0 Å². The van der Waals surface area contributed by atoms with Gasteiger partial charge in [0.1, 0.15) is 0 Å². The lowest BCUT2D eigenvalue weighted by molar-refractivity contribution is 0.394. The fourth-order valence-corrected chi connectivity index (χ4v) is 21.7. The minimum Gasteiger partial charge on any atom is -0.0654 e. The largest absolute Gasteiger partial charge is 0.0654 e. The van der Waals surface area contributed by atoms with Crippen molar-refractivity contribution in [3.05, 3.63) is 275 Å². The topological polar surface area (TPSA) is 0 Å². The van der Waals surface area contributed by atoms with E-state index in [2.05, 4.69) is 286 Å². The van der Waals surface area contributed by atoms with E-state index in [1.807, 2.05) is 0 Å². The van der Waals surface area contributed by atoms with Crippen LogP contribution in [0.4, 0.5) is 0 Å². The normalized spacial score (nSPS) is 14.8. The van der Waals surface area contributed by atoms with Crippen molar-refractivity contribution in [2.45, 2.75) is 257 Å². The number of hydrogen-bond acceptors (Lipinski definition) is 0. The Labute approximate surface area is 659 Å². The van der Waals surface area contributed by atoms with Crippen LogP contribution in [0.2, 0.25) is 0 Å². The van der Waals surface area contributed by atoms with Crippen LogP contribution in [0.3, 0.4) is 0 Å². The molecular formula is C110H118. The van der Waals surface area contributed by atoms with Gasteiger partial charge in [-0.1, -0.05) is 379 Å². The van der Waals surface area contributed by atoms with Crippen LogP contribution in [0.1, 0.15) is 280 Å². The van der Waals surface area contributed by atoms with Crippen molar-refractivity contribution in [1.82, 2.24) is 0 Å². The number of rotatable bonds is 32. The summed E-state index contributed by atoms with van der Waals surface area (Å²) >= 11 is 0. The molecule has 0 heterocycles. The van der Waals surface area contributed by atoms with E-state index in [0.717, 1.165) is 0 Å². The number of benzene rings is 13. The maximum absolute atomic E-state index is 2.94. The Kier molecular flexibility index (Phi) is 20.9. The fourth-order valence-electron chi connectivity index (χ4n) is 21.7. The molecule has 17 rings (SSSR count). The summed E-state index contributed by atoms with van der Waals surface area (Å²) < 4.78 is 0. The maximum atomic E-state index is 2.94. The number of hydrogen-bond donors (Lipinski definition) is 0. The van der Waals surface area contributed by atoms with Gasteiger partial charge < -0.3 is 0 Å². The molecule has 0 unspecified atom stereocenters. The van der Waals surface area contributed by atoms with E-state index in [4.69, 9.17) is 0 Å². The molecule has 0 saturated carbocycles. The lowest BCUT2D eigenvalue weighted by atomic mass is 9.68. The van der Waals surface area contributed by atoms with E-state index >= 15 is 0 Å². The van der Waals surface area contributed by atoms with Crippen molar-refractivity contribution in [1.29, 1.82) is 0 Å². The standard InChI is InChI=1S/C110H118/c1-9-13-17-21-25-37-61-109(62-38-26-22-18-14-10-2)99-71-94-92-70-98-96(106-88-48-36-34-46-86(88)90(68-104(106)108(98,7)8)80-57-51-78(52-58-80)84-60-54-76-42-30-32-44-82(76)66-84)74-102(92)110(63-39-27-23-19-15-11-3,64-40-28-24-20-16-12-4)100(94)72-93(99)91-69-97-95(73-101(91)109)105-87-47-35-33-45-85(87)89(67-103(105)107(97,5)6)79-55-49-77(50-56-79)83-59-53-75-41-29-31-43-81(75)65-83/h29-36,41-60,65-74H,9-28,37-40,61-64H2,1-8H3. The third-order valence-corrected chi connectivity index (χ3v) is 27.8. The molecule has 110 heavy (non-hydrogen) atoms. The molecular weight excluding hydrogens is 1320 g/mol. The molecule has 0 heteroatoms. The summed E-state index contributed by atoms with van der Waals surface area (Å²) in [6.07, 6.45) is 36.0. The number of fused-ring (bicyclic) bond motifs is 18. The maximum Gasteiger partial charge on any atom is 0.0215 e. The first-order chi connectivity index (χ1) is 53.9. The summed E-state index contributed by atoms with van der Waals surface area (Å²) in [7, 11) is 0. The molecule has 0 nitrogen and oxygen atoms in total. The number of unbranched alkanes of at least 4 members (excludes halogenated alkanes) is 20. The quantitative estimate of drug-likeness (QED) is 0.0369. The lowest BCUT2D eigenvalue weighted by Crippen LogP contribution is -2.27. The van der Waals surface area contributed by atoms with Gasteiger partial charge in [0.05, 0.1) is 0 Å². The van der Waals surface area contributed by atoms with E-state index in [1.54, 1.807) is 44.5 Å². The molecule has 0 aromatic heterocycles. The molecule has 0 bridgehead atoms. The van der Waals surface area contributed by atoms with Gasteiger partial charge in [0.2, 0.25) is 0 Å². The minimum absolute atomic E-state index is 0.126. The van der Waals surface area contributed by atoms with Crippen LogP contribution in [-0.4, -0.2) is 0 Å². The van der Waals surface area contributed by atoms with Gasteiger partial charge in [-0.25, -0.2) is 0 Å². The molecule has 0 amide bonds. The molecule has 0 atom stereocenters. The molecule has 13 aromatic carbocycles. The lowest BCUT2D eigenvalue weighted by Gasteiger charge is -2.35. The first kappa shape index (κ1) is 73.7. The van der Waals surface area contributed by atoms with Gasteiger partial charge in [-0.05, 0) is 263 Å². The molecule has 0 radical (unpaired) electrons. The van der Waals surface area contributed by atoms with E-state index in [1.165, 1.54) is 312 Å². The molecule has 0 fully saturated rings. The van der Waals surface area contributed by atoms with E-state index in [9.17, 15) is 0 Å². The third kappa shape index (κ3) is 13.1. The van der Waals surface area contributed by atoms with Gasteiger partial charge in [0.15, 0.2) is 0 Å². The average Bonchev–Trinajstić information content (AvgIpc) is 1.52. The molecule has 0 aliphatic heterocycles. The van der Waals surface area contributed by atoms with Crippen molar-refractivity contribution in [2.75, 3.05) is 0 Å². The average molecular weight is 1440 g/mol. The Morgan fingerprint density at radius 2 is 0.445 bits per heavy atom. The predicted octanol–water partition coefficient (Wildman–Crippen LogP) is 33.1. The van der Waals surface area contributed by atoms with Gasteiger partial charge in [-0.3, -0.25) is 0 Å². The van der Waals surface area contributed by atoms with Crippen LogP contribution >= 0.6 is 0 Å². The Hall–Kier alpha value is -9.10. The zero-order valence-electron chi connectivity index (χ0n) is 67.7. The first-order valence-corrected chi connectivity index (χ1v) is 43.8. The minimum atomic E-state index is -0.239. The smallest absolute Gasteiger partial charge is 0.0215 e. The molecule has 0 N–H and O–H groups in total. The summed E-state index contributed by atoms with van der Waals surface area (Å²) in [5.41, 5.74) is 34.1. The van der Waals surface area contributed by atoms with Crippen molar-refractivity contribution in [2.24, 2.45) is 0 Å².